The number of carboxylic acids is 1. The molecule has 0 aliphatic carbocycles. The molecular formula is C12H15N3O5S. The molecule has 0 bridgehead atoms. The van der Waals surface area contributed by atoms with Crippen LogP contribution >= 0.6 is 0 Å². The molecule has 0 atom stereocenters. The number of carboxylic acid groups (broad SMARTS) is 1. The molecule has 0 radical (unpaired) electrons. The SMILES string of the molecule is CCNS(=O)(=O)CCn1c(=O)[nH]c2cccc(C(=O)O)c21. The zero-order chi connectivity index (χ0) is 15.6. The molecule has 114 valence electrons. The van der Waals surface area contributed by atoms with Crippen LogP contribution in [0.3, 0.4) is 0 Å². The van der Waals surface area contributed by atoms with Crippen LogP contribution in [0.4, 0.5) is 0 Å². The van der Waals surface area contributed by atoms with Gasteiger partial charge in [-0.15, -0.1) is 0 Å². The first-order valence-corrected chi connectivity index (χ1v) is 7.93. The van der Waals surface area contributed by atoms with Gasteiger partial charge in [-0.2, -0.15) is 0 Å². The molecule has 0 aliphatic rings. The van der Waals surface area contributed by atoms with Crippen LogP contribution in [0.1, 0.15) is 17.3 Å². The summed E-state index contributed by atoms with van der Waals surface area (Å²) in [7, 11) is -3.50. The number of hydrogen-bond donors (Lipinski definition) is 3. The molecule has 1 aromatic heterocycles. The monoisotopic (exact) mass is 313 g/mol. The number of H-pyrrole nitrogens is 1. The number of aryl methyl sites for hydroxylation is 1. The summed E-state index contributed by atoms with van der Waals surface area (Å²) >= 11 is 0. The summed E-state index contributed by atoms with van der Waals surface area (Å²) < 4.78 is 26.7. The first kappa shape index (κ1) is 15.3. The average molecular weight is 313 g/mol. The van der Waals surface area contributed by atoms with Gasteiger partial charge < -0.3 is 10.1 Å². The van der Waals surface area contributed by atoms with Crippen LogP contribution in [-0.4, -0.2) is 41.3 Å². The van der Waals surface area contributed by atoms with Crippen molar-refractivity contribution in [2.24, 2.45) is 0 Å². The summed E-state index contributed by atoms with van der Waals surface area (Å²) in [5.41, 5.74) is -0.0282. The van der Waals surface area contributed by atoms with Gasteiger partial charge in [0.05, 0.1) is 22.3 Å². The van der Waals surface area contributed by atoms with Gasteiger partial charge in [0.15, 0.2) is 0 Å². The molecule has 0 aliphatic heterocycles. The molecule has 0 unspecified atom stereocenters. The third kappa shape index (κ3) is 3.14. The third-order valence-electron chi connectivity index (χ3n) is 2.97. The first-order valence-electron chi connectivity index (χ1n) is 6.28. The zero-order valence-corrected chi connectivity index (χ0v) is 12.1. The summed E-state index contributed by atoms with van der Waals surface area (Å²) in [6.45, 7) is 1.78. The van der Waals surface area contributed by atoms with Crippen molar-refractivity contribution >= 4 is 27.0 Å². The number of imidazole rings is 1. The van der Waals surface area contributed by atoms with E-state index in [1.807, 2.05) is 0 Å². The summed E-state index contributed by atoms with van der Waals surface area (Å²) in [6, 6.07) is 4.45. The second-order valence-electron chi connectivity index (χ2n) is 4.41. The Labute approximate surface area is 120 Å². The normalized spacial score (nSPS) is 11.9. The number of fused-ring (bicyclic) bond motifs is 1. The summed E-state index contributed by atoms with van der Waals surface area (Å²) in [5.74, 6) is -1.48. The highest BCUT2D eigenvalue weighted by molar-refractivity contribution is 7.89. The fourth-order valence-corrected chi connectivity index (χ4v) is 3.12. The van der Waals surface area contributed by atoms with Gasteiger partial charge in [-0.1, -0.05) is 13.0 Å². The van der Waals surface area contributed by atoms with Crippen LogP contribution < -0.4 is 10.4 Å². The minimum absolute atomic E-state index is 0.0494. The molecule has 3 N–H and O–H groups in total. The Hall–Kier alpha value is -2.13. The van der Waals surface area contributed by atoms with Gasteiger partial charge in [0.1, 0.15) is 0 Å². The molecule has 9 heteroatoms. The van der Waals surface area contributed by atoms with Crippen LogP contribution in [0, 0.1) is 0 Å². The van der Waals surface area contributed by atoms with Crippen molar-refractivity contribution in [2.45, 2.75) is 13.5 Å². The number of aromatic amines is 1. The van der Waals surface area contributed by atoms with Gasteiger partial charge >= 0.3 is 11.7 Å². The fraction of sp³-hybridized carbons (Fsp3) is 0.333. The Balaban J connectivity index is 2.47. The van der Waals surface area contributed by atoms with Crippen LogP contribution in [0.5, 0.6) is 0 Å². The topological polar surface area (TPSA) is 121 Å². The van der Waals surface area contributed by atoms with Crippen molar-refractivity contribution in [3.05, 3.63) is 34.2 Å². The van der Waals surface area contributed by atoms with E-state index in [1.54, 1.807) is 13.0 Å². The van der Waals surface area contributed by atoms with E-state index in [1.165, 1.54) is 12.1 Å². The molecule has 0 amide bonds. The Morgan fingerprint density at radius 2 is 2.14 bits per heavy atom. The molecule has 8 nitrogen and oxygen atoms in total. The number of carbonyl (C=O) groups is 1. The second kappa shape index (κ2) is 5.70. The van der Waals surface area contributed by atoms with Gasteiger partial charge in [-0.3, -0.25) is 4.57 Å². The molecule has 1 aromatic carbocycles. The molecule has 0 saturated carbocycles. The van der Waals surface area contributed by atoms with Gasteiger partial charge in [-0.25, -0.2) is 22.7 Å². The number of para-hydroxylation sites is 1. The number of benzene rings is 1. The lowest BCUT2D eigenvalue weighted by molar-refractivity contribution is 0.0698. The quantitative estimate of drug-likeness (QED) is 0.691. The Bertz CT molecular complexity index is 834. The van der Waals surface area contributed by atoms with Gasteiger partial charge in [0, 0.05) is 13.1 Å². The van der Waals surface area contributed by atoms with E-state index in [4.69, 9.17) is 5.11 Å². The zero-order valence-electron chi connectivity index (χ0n) is 11.3. The second-order valence-corrected chi connectivity index (χ2v) is 6.33. The van der Waals surface area contributed by atoms with Crippen molar-refractivity contribution in [1.82, 2.24) is 14.3 Å². The highest BCUT2D eigenvalue weighted by Gasteiger charge is 2.17. The van der Waals surface area contributed by atoms with Crippen LogP contribution in [0.15, 0.2) is 23.0 Å². The molecule has 0 fully saturated rings. The van der Waals surface area contributed by atoms with Crippen molar-refractivity contribution in [3.63, 3.8) is 0 Å². The van der Waals surface area contributed by atoms with E-state index < -0.39 is 21.7 Å². The average Bonchev–Trinajstić information content (AvgIpc) is 2.71. The van der Waals surface area contributed by atoms with Crippen molar-refractivity contribution < 1.29 is 18.3 Å². The highest BCUT2D eigenvalue weighted by Crippen LogP contribution is 2.16. The third-order valence-corrected chi connectivity index (χ3v) is 4.42. The van der Waals surface area contributed by atoms with E-state index in [9.17, 15) is 18.0 Å². The first-order chi connectivity index (χ1) is 9.85. The lowest BCUT2D eigenvalue weighted by atomic mass is 10.2. The highest BCUT2D eigenvalue weighted by atomic mass is 32.2. The number of hydrogen-bond acceptors (Lipinski definition) is 4. The van der Waals surface area contributed by atoms with Crippen LogP contribution in [0.2, 0.25) is 0 Å². The van der Waals surface area contributed by atoms with Gasteiger partial charge in [-0.05, 0) is 12.1 Å². The summed E-state index contributed by atoms with van der Waals surface area (Å²) in [6.07, 6.45) is 0. The largest absolute Gasteiger partial charge is 0.478 e. The van der Waals surface area contributed by atoms with E-state index in [2.05, 4.69) is 9.71 Å². The van der Waals surface area contributed by atoms with Crippen molar-refractivity contribution in [2.75, 3.05) is 12.3 Å². The number of aromatic nitrogens is 2. The number of rotatable bonds is 6. The molecular weight excluding hydrogens is 298 g/mol. The fourth-order valence-electron chi connectivity index (χ4n) is 2.11. The Morgan fingerprint density at radius 1 is 1.43 bits per heavy atom. The number of nitrogens with zero attached hydrogens (tertiary/aromatic N) is 1. The maximum atomic E-state index is 11.9. The predicted molar refractivity (Wildman–Crippen MR) is 77.0 cm³/mol. The lowest BCUT2D eigenvalue weighted by Gasteiger charge is -2.07. The van der Waals surface area contributed by atoms with E-state index in [0.29, 0.717) is 5.52 Å². The maximum absolute atomic E-state index is 11.9. The molecule has 2 rings (SSSR count). The predicted octanol–water partition coefficient (Wildman–Crippen LogP) is -0.0329. The minimum Gasteiger partial charge on any atom is -0.478 e. The molecule has 2 aromatic rings. The van der Waals surface area contributed by atoms with E-state index in [0.717, 1.165) is 4.57 Å². The molecule has 21 heavy (non-hydrogen) atoms. The van der Waals surface area contributed by atoms with Gasteiger partial charge in [0.2, 0.25) is 10.0 Å². The standard InChI is InChI=1S/C12H15N3O5S/c1-2-13-21(19,20)7-6-15-10-8(11(16)17)4-3-5-9(10)14-12(15)18/h3-5,13H,2,6-7H2,1H3,(H,14,18)(H,16,17). The van der Waals surface area contributed by atoms with Crippen molar-refractivity contribution in [1.29, 1.82) is 0 Å². The summed E-state index contributed by atoms with van der Waals surface area (Å²) in [5, 5.41) is 9.17. The molecule has 0 saturated heterocycles. The Morgan fingerprint density at radius 3 is 2.76 bits per heavy atom. The molecule has 1 heterocycles. The number of sulfonamides is 1. The number of aromatic carboxylic acids is 1. The van der Waals surface area contributed by atoms with E-state index >= 15 is 0 Å². The van der Waals surface area contributed by atoms with Crippen LogP contribution in [0.25, 0.3) is 11.0 Å². The number of nitrogens with one attached hydrogen (secondary N) is 2. The smallest absolute Gasteiger partial charge is 0.337 e. The molecule has 0 spiro atoms. The minimum atomic E-state index is -3.50. The Kier molecular flexibility index (Phi) is 4.14. The van der Waals surface area contributed by atoms with E-state index in [-0.39, 0.29) is 29.9 Å². The maximum Gasteiger partial charge on any atom is 0.337 e. The van der Waals surface area contributed by atoms with Crippen molar-refractivity contribution in [3.8, 4) is 0 Å². The van der Waals surface area contributed by atoms with Crippen LogP contribution in [-0.2, 0) is 16.6 Å². The summed E-state index contributed by atoms with van der Waals surface area (Å²) in [4.78, 5) is 25.6. The lowest BCUT2D eigenvalue weighted by Crippen LogP contribution is -2.30. The van der Waals surface area contributed by atoms with Gasteiger partial charge in [0.25, 0.3) is 0 Å².